The minimum absolute atomic E-state index is 0.200. The first kappa shape index (κ1) is 13.6. The van der Waals surface area contributed by atoms with Crippen molar-refractivity contribution >= 4 is 5.69 Å². The van der Waals surface area contributed by atoms with Crippen LogP contribution in [-0.4, -0.2) is 14.1 Å². The fraction of sp³-hybridized carbons (Fsp3) is 0.250. The highest BCUT2D eigenvalue weighted by Crippen LogP contribution is 2.16. The molecule has 0 aliphatic rings. The maximum absolute atomic E-state index is 12.9. The quantitative estimate of drug-likeness (QED) is 0.886. The van der Waals surface area contributed by atoms with E-state index in [1.165, 1.54) is 23.3 Å². The SMILES string of the molecule is CNCc1ccc(CN(C)c2ccc(F)cc2)cc1. The van der Waals surface area contributed by atoms with Gasteiger partial charge in [0.25, 0.3) is 0 Å². The molecule has 2 nitrogen and oxygen atoms in total. The lowest BCUT2D eigenvalue weighted by Gasteiger charge is -2.19. The molecule has 100 valence electrons. The van der Waals surface area contributed by atoms with Crippen molar-refractivity contribution in [3.63, 3.8) is 0 Å². The summed E-state index contributed by atoms with van der Waals surface area (Å²) in [5, 5.41) is 3.13. The second-order valence-corrected chi connectivity index (χ2v) is 4.68. The van der Waals surface area contributed by atoms with Crippen LogP contribution < -0.4 is 10.2 Å². The lowest BCUT2D eigenvalue weighted by atomic mass is 10.1. The molecule has 2 aromatic carbocycles. The van der Waals surface area contributed by atoms with Crippen molar-refractivity contribution in [3.8, 4) is 0 Å². The van der Waals surface area contributed by atoms with Gasteiger partial charge < -0.3 is 10.2 Å². The maximum atomic E-state index is 12.9. The van der Waals surface area contributed by atoms with E-state index in [1.807, 2.05) is 14.1 Å². The molecule has 2 aromatic rings. The fourth-order valence-corrected chi connectivity index (χ4v) is 2.03. The molecule has 0 bridgehead atoms. The average molecular weight is 258 g/mol. The monoisotopic (exact) mass is 258 g/mol. The summed E-state index contributed by atoms with van der Waals surface area (Å²) in [6.45, 7) is 1.69. The van der Waals surface area contributed by atoms with E-state index in [2.05, 4.69) is 34.5 Å². The molecule has 0 amide bonds. The third-order valence-corrected chi connectivity index (χ3v) is 3.09. The van der Waals surface area contributed by atoms with Gasteiger partial charge in [-0.15, -0.1) is 0 Å². The molecule has 0 aliphatic carbocycles. The van der Waals surface area contributed by atoms with Gasteiger partial charge in [0.2, 0.25) is 0 Å². The van der Waals surface area contributed by atoms with Crippen molar-refractivity contribution in [1.82, 2.24) is 5.32 Å². The largest absolute Gasteiger partial charge is 0.370 e. The number of rotatable bonds is 5. The summed E-state index contributed by atoms with van der Waals surface area (Å²) in [5.41, 5.74) is 3.53. The third kappa shape index (κ3) is 3.80. The highest BCUT2D eigenvalue weighted by atomic mass is 19.1. The molecule has 0 radical (unpaired) electrons. The van der Waals surface area contributed by atoms with Gasteiger partial charge in [-0.3, -0.25) is 0 Å². The van der Waals surface area contributed by atoms with Crippen molar-refractivity contribution < 1.29 is 4.39 Å². The van der Waals surface area contributed by atoms with Gasteiger partial charge in [-0.2, -0.15) is 0 Å². The molecule has 19 heavy (non-hydrogen) atoms. The molecule has 0 aliphatic heterocycles. The lowest BCUT2D eigenvalue weighted by Crippen LogP contribution is -2.16. The summed E-state index contributed by atoms with van der Waals surface area (Å²) in [6, 6.07) is 15.1. The van der Waals surface area contributed by atoms with E-state index in [-0.39, 0.29) is 5.82 Å². The van der Waals surface area contributed by atoms with Crippen LogP contribution in [0.4, 0.5) is 10.1 Å². The first-order chi connectivity index (χ1) is 9.19. The van der Waals surface area contributed by atoms with E-state index < -0.39 is 0 Å². The molecule has 3 heteroatoms. The Labute approximate surface area is 113 Å². The van der Waals surface area contributed by atoms with Crippen LogP contribution in [0.5, 0.6) is 0 Å². The molecular weight excluding hydrogens is 239 g/mol. The summed E-state index contributed by atoms with van der Waals surface area (Å²) in [4.78, 5) is 2.10. The Morgan fingerprint density at radius 3 is 2.11 bits per heavy atom. The predicted octanol–water partition coefficient (Wildman–Crippen LogP) is 3.18. The minimum atomic E-state index is -0.200. The second-order valence-electron chi connectivity index (χ2n) is 4.68. The zero-order valence-corrected chi connectivity index (χ0v) is 11.4. The first-order valence-electron chi connectivity index (χ1n) is 6.38. The Morgan fingerprint density at radius 2 is 1.53 bits per heavy atom. The molecule has 2 rings (SSSR count). The van der Waals surface area contributed by atoms with Crippen molar-refractivity contribution in [2.24, 2.45) is 0 Å². The van der Waals surface area contributed by atoms with E-state index in [4.69, 9.17) is 0 Å². The first-order valence-corrected chi connectivity index (χ1v) is 6.38. The van der Waals surface area contributed by atoms with Crippen molar-refractivity contribution in [1.29, 1.82) is 0 Å². The van der Waals surface area contributed by atoms with E-state index in [0.717, 1.165) is 18.8 Å². The van der Waals surface area contributed by atoms with Crippen LogP contribution in [-0.2, 0) is 13.1 Å². The maximum Gasteiger partial charge on any atom is 0.123 e. The summed E-state index contributed by atoms with van der Waals surface area (Å²) in [6.07, 6.45) is 0. The minimum Gasteiger partial charge on any atom is -0.370 e. The molecule has 0 spiro atoms. The summed E-state index contributed by atoms with van der Waals surface area (Å²) in [5.74, 6) is -0.200. The number of halogens is 1. The van der Waals surface area contributed by atoms with Crippen molar-refractivity contribution in [3.05, 3.63) is 65.5 Å². The van der Waals surface area contributed by atoms with E-state index in [9.17, 15) is 4.39 Å². The topological polar surface area (TPSA) is 15.3 Å². The van der Waals surface area contributed by atoms with E-state index >= 15 is 0 Å². The van der Waals surface area contributed by atoms with Gasteiger partial charge in [-0.25, -0.2) is 4.39 Å². The standard InChI is InChI=1S/C16H19FN2/c1-18-11-13-3-5-14(6-4-13)12-19(2)16-9-7-15(17)8-10-16/h3-10,18H,11-12H2,1-2H3. The number of nitrogens with zero attached hydrogens (tertiary/aromatic N) is 1. The highest BCUT2D eigenvalue weighted by Gasteiger charge is 2.02. The van der Waals surface area contributed by atoms with Crippen LogP contribution in [0.3, 0.4) is 0 Å². The lowest BCUT2D eigenvalue weighted by molar-refractivity contribution is 0.627. The Bertz CT molecular complexity index is 505. The Balaban J connectivity index is 2.01. The number of nitrogens with one attached hydrogen (secondary N) is 1. The van der Waals surface area contributed by atoms with Gasteiger partial charge in [-0.05, 0) is 42.4 Å². The Kier molecular flexibility index (Phi) is 4.53. The molecule has 0 saturated heterocycles. The van der Waals surface area contributed by atoms with Crippen LogP contribution in [0.2, 0.25) is 0 Å². The van der Waals surface area contributed by atoms with Crippen LogP contribution >= 0.6 is 0 Å². The van der Waals surface area contributed by atoms with Crippen LogP contribution in [0.25, 0.3) is 0 Å². The summed E-state index contributed by atoms with van der Waals surface area (Å²) in [7, 11) is 3.95. The van der Waals surface area contributed by atoms with Gasteiger partial charge in [0.15, 0.2) is 0 Å². The molecule has 0 heterocycles. The van der Waals surface area contributed by atoms with Crippen molar-refractivity contribution in [2.75, 3.05) is 19.0 Å². The predicted molar refractivity (Wildman–Crippen MR) is 77.7 cm³/mol. The van der Waals surface area contributed by atoms with Crippen molar-refractivity contribution in [2.45, 2.75) is 13.1 Å². The van der Waals surface area contributed by atoms with Crippen LogP contribution in [0.15, 0.2) is 48.5 Å². The summed E-state index contributed by atoms with van der Waals surface area (Å²) >= 11 is 0. The molecule has 0 aromatic heterocycles. The third-order valence-electron chi connectivity index (χ3n) is 3.09. The molecule has 0 saturated carbocycles. The van der Waals surface area contributed by atoms with Gasteiger partial charge in [-0.1, -0.05) is 24.3 Å². The fourth-order valence-electron chi connectivity index (χ4n) is 2.03. The normalized spacial score (nSPS) is 10.5. The van der Waals surface area contributed by atoms with Gasteiger partial charge in [0, 0.05) is 25.8 Å². The second kappa shape index (κ2) is 6.34. The zero-order valence-electron chi connectivity index (χ0n) is 11.4. The van der Waals surface area contributed by atoms with Gasteiger partial charge in [0.1, 0.15) is 5.82 Å². The van der Waals surface area contributed by atoms with Crippen LogP contribution in [0.1, 0.15) is 11.1 Å². The Hall–Kier alpha value is -1.87. The number of hydrogen-bond donors (Lipinski definition) is 1. The summed E-state index contributed by atoms with van der Waals surface area (Å²) < 4.78 is 12.9. The molecule has 0 fully saturated rings. The molecular formula is C16H19FN2. The number of hydrogen-bond acceptors (Lipinski definition) is 2. The zero-order chi connectivity index (χ0) is 13.7. The molecule has 1 N–H and O–H groups in total. The molecule has 0 atom stereocenters. The smallest absolute Gasteiger partial charge is 0.123 e. The van der Waals surface area contributed by atoms with Crippen LogP contribution in [0, 0.1) is 5.82 Å². The van der Waals surface area contributed by atoms with Gasteiger partial charge >= 0.3 is 0 Å². The number of anilines is 1. The van der Waals surface area contributed by atoms with Gasteiger partial charge in [0.05, 0.1) is 0 Å². The molecule has 0 unspecified atom stereocenters. The number of benzene rings is 2. The Morgan fingerprint density at radius 1 is 0.947 bits per heavy atom. The highest BCUT2D eigenvalue weighted by molar-refractivity contribution is 5.46. The van der Waals surface area contributed by atoms with E-state index in [1.54, 1.807) is 12.1 Å². The average Bonchev–Trinajstić information content (AvgIpc) is 2.42. The van der Waals surface area contributed by atoms with E-state index in [0.29, 0.717) is 0 Å².